The molecule has 1 aliphatic heterocycles. The zero-order valence-corrected chi connectivity index (χ0v) is 15.9. The normalized spacial score (nSPS) is 17.0. The molecule has 26 heavy (non-hydrogen) atoms. The summed E-state index contributed by atoms with van der Waals surface area (Å²) in [7, 11) is 0. The first kappa shape index (κ1) is 18.7. The Morgan fingerprint density at radius 3 is 2.58 bits per heavy atom. The van der Waals surface area contributed by atoms with E-state index in [1.54, 1.807) is 41.3 Å². The molecule has 1 fully saturated rings. The van der Waals surface area contributed by atoms with Crippen LogP contribution < -0.4 is 4.74 Å². The van der Waals surface area contributed by atoms with Crippen molar-refractivity contribution >= 4 is 35.1 Å². The zero-order valence-electron chi connectivity index (χ0n) is 14.4. The minimum Gasteiger partial charge on any atom is -0.425 e. The van der Waals surface area contributed by atoms with Gasteiger partial charge in [0, 0.05) is 23.7 Å². The van der Waals surface area contributed by atoms with Crippen molar-refractivity contribution in [2.75, 3.05) is 13.1 Å². The summed E-state index contributed by atoms with van der Waals surface area (Å²) in [4.78, 5) is 26.9. The van der Waals surface area contributed by atoms with Crippen LogP contribution in [0.3, 0.4) is 0 Å². The van der Waals surface area contributed by atoms with E-state index in [4.69, 9.17) is 27.9 Å². The van der Waals surface area contributed by atoms with E-state index in [1.165, 1.54) is 0 Å². The molecule has 3 rings (SSSR count). The number of likely N-dealkylation sites (tertiary alicyclic amines) is 1. The minimum atomic E-state index is -0.364. The molecule has 1 atom stereocenters. The second-order valence-corrected chi connectivity index (χ2v) is 7.30. The van der Waals surface area contributed by atoms with Gasteiger partial charge < -0.3 is 9.64 Å². The van der Waals surface area contributed by atoms with Gasteiger partial charge >= 0.3 is 5.97 Å². The second kappa shape index (κ2) is 8.11. The SMILES string of the molecule is Cc1ccc(Cl)c(OC(=O)C2CCCN(C(=O)c3ccc(Cl)cc3)C2)c1. The summed E-state index contributed by atoms with van der Waals surface area (Å²) in [5, 5.41) is 0.977. The Kier molecular flexibility index (Phi) is 5.84. The van der Waals surface area contributed by atoms with Crippen LogP contribution >= 0.6 is 23.2 Å². The molecule has 0 radical (unpaired) electrons. The van der Waals surface area contributed by atoms with E-state index in [-0.39, 0.29) is 17.8 Å². The highest BCUT2D eigenvalue weighted by atomic mass is 35.5. The number of carbonyl (C=O) groups excluding carboxylic acids is 2. The highest BCUT2D eigenvalue weighted by Crippen LogP contribution is 2.28. The fourth-order valence-electron chi connectivity index (χ4n) is 3.01. The molecule has 0 aliphatic carbocycles. The summed E-state index contributed by atoms with van der Waals surface area (Å²) < 4.78 is 5.49. The summed E-state index contributed by atoms with van der Waals surface area (Å²) in [6.45, 7) is 2.86. The van der Waals surface area contributed by atoms with E-state index in [0.717, 1.165) is 12.0 Å². The molecular formula is C20H19Cl2NO3. The Bertz CT molecular complexity index is 820. The Labute approximate surface area is 162 Å². The fourth-order valence-corrected chi connectivity index (χ4v) is 3.29. The molecule has 6 heteroatoms. The van der Waals surface area contributed by atoms with Gasteiger partial charge in [-0.1, -0.05) is 29.3 Å². The molecule has 0 spiro atoms. The number of benzene rings is 2. The first-order valence-electron chi connectivity index (χ1n) is 8.47. The van der Waals surface area contributed by atoms with Gasteiger partial charge in [-0.25, -0.2) is 0 Å². The lowest BCUT2D eigenvalue weighted by Gasteiger charge is -2.31. The molecule has 1 aliphatic rings. The van der Waals surface area contributed by atoms with Crippen LogP contribution in [0, 0.1) is 12.8 Å². The summed E-state index contributed by atoms with van der Waals surface area (Å²) >= 11 is 12.0. The first-order valence-corrected chi connectivity index (χ1v) is 9.22. The Morgan fingerprint density at radius 2 is 1.85 bits per heavy atom. The second-order valence-electron chi connectivity index (χ2n) is 6.45. The maximum atomic E-state index is 12.6. The molecule has 136 valence electrons. The lowest BCUT2D eigenvalue weighted by molar-refractivity contribution is -0.140. The van der Waals surface area contributed by atoms with Crippen LogP contribution in [0.2, 0.25) is 10.0 Å². The van der Waals surface area contributed by atoms with E-state index < -0.39 is 0 Å². The maximum Gasteiger partial charge on any atom is 0.316 e. The Balaban J connectivity index is 1.67. The largest absolute Gasteiger partial charge is 0.425 e. The first-order chi connectivity index (χ1) is 12.4. The van der Waals surface area contributed by atoms with Crippen molar-refractivity contribution in [3.63, 3.8) is 0 Å². The van der Waals surface area contributed by atoms with E-state index in [2.05, 4.69) is 0 Å². The van der Waals surface area contributed by atoms with Gasteiger partial charge in [-0.2, -0.15) is 0 Å². The van der Waals surface area contributed by atoms with Gasteiger partial charge in [0.2, 0.25) is 0 Å². The van der Waals surface area contributed by atoms with Crippen molar-refractivity contribution in [2.45, 2.75) is 19.8 Å². The number of esters is 1. The topological polar surface area (TPSA) is 46.6 Å². The lowest BCUT2D eigenvalue weighted by atomic mass is 9.97. The highest BCUT2D eigenvalue weighted by Gasteiger charge is 2.30. The third kappa shape index (κ3) is 4.37. The number of hydrogen-bond donors (Lipinski definition) is 0. The predicted octanol–water partition coefficient (Wildman–Crippen LogP) is 4.76. The molecule has 2 aromatic rings. The number of piperidine rings is 1. The van der Waals surface area contributed by atoms with Gasteiger partial charge in [-0.3, -0.25) is 9.59 Å². The van der Waals surface area contributed by atoms with Crippen molar-refractivity contribution in [2.24, 2.45) is 5.92 Å². The average Bonchev–Trinajstić information content (AvgIpc) is 2.65. The number of carbonyl (C=O) groups is 2. The highest BCUT2D eigenvalue weighted by molar-refractivity contribution is 6.32. The van der Waals surface area contributed by atoms with E-state index in [1.807, 2.05) is 13.0 Å². The average molecular weight is 392 g/mol. The third-order valence-corrected chi connectivity index (χ3v) is 4.99. The molecule has 1 heterocycles. The number of halogens is 2. The number of nitrogens with zero attached hydrogens (tertiary/aromatic N) is 1. The molecule has 1 amide bonds. The lowest BCUT2D eigenvalue weighted by Crippen LogP contribution is -2.43. The Morgan fingerprint density at radius 1 is 1.12 bits per heavy atom. The molecule has 0 N–H and O–H groups in total. The molecule has 4 nitrogen and oxygen atoms in total. The standard InChI is InChI=1S/C20H19Cl2NO3/c1-13-4-9-17(22)18(11-13)26-20(25)15-3-2-10-23(12-15)19(24)14-5-7-16(21)8-6-14/h4-9,11,15H,2-3,10,12H2,1H3. The van der Waals surface area contributed by atoms with Crippen molar-refractivity contribution in [3.8, 4) is 5.75 Å². The van der Waals surface area contributed by atoms with Crippen LogP contribution in [0.5, 0.6) is 5.75 Å². The smallest absolute Gasteiger partial charge is 0.316 e. The van der Waals surface area contributed by atoms with Gasteiger partial charge in [0.25, 0.3) is 5.91 Å². The number of ether oxygens (including phenoxy) is 1. The van der Waals surface area contributed by atoms with Crippen LogP contribution in [0.1, 0.15) is 28.8 Å². The van der Waals surface area contributed by atoms with Crippen molar-refractivity contribution in [1.82, 2.24) is 4.90 Å². The molecule has 0 bridgehead atoms. The minimum absolute atomic E-state index is 0.104. The fraction of sp³-hybridized carbons (Fsp3) is 0.300. The predicted molar refractivity (Wildman–Crippen MR) is 102 cm³/mol. The van der Waals surface area contributed by atoms with Gasteiger partial charge in [0.1, 0.15) is 5.75 Å². The molecule has 2 aromatic carbocycles. The number of amides is 1. The maximum absolute atomic E-state index is 12.6. The van der Waals surface area contributed by atoms with Crippen LogP contribution in [-0.2, 0) is 4.79 Å². The van der Waals surface area contributed by atoms with Crippen molar-refractivity contribution in [3.05, 3.63) is 63.6 Å². The monoisotopic (exact) mass is 391 g/mol. The molecule has 1 unspecified atom stereocenters. The zero-order chi connectivity index (χ0) is 18.7. The molecule has 0 saturated carbocycles. The number of rotatable bonds is 3. The summed E-state index contributed by atoms with van der Waals surface area (Å²) in [6, 6.07) is 12.1. The van der Waals surface area contributed by atoms with E-state index >= 15 is 0 Å². The van der Waals surface area contributed by atoms with Crippen LogP contribution in [-0.4, -0.2) is 29.9 Å². The van der Waals surface area contributed by atoms with Gasteiger partial charge in [0.05, 0.1) is 10.9 Å². The van der Waals surface area contributed by atoms with E-state index in [0.29, 0.717) is 40.9 Å². The van der Waals surface area contributed by atoms with Gasteiger partial charge in [0.15, 0.2) is 0 Å². The number of aryl methyl sites for hydroxylation is 1. The molecular weight excluding hydrogens is 373 g/mol. The molecule has 1 saturated heterocycles. The molecule has 0 aromatic heterocycles. The van der Waals surface area contributed by atoms with Crippen molar-refractivity contribution in [1.29, 1.82) is 0 Å². The van der Waals surface area contributed by atoms with Crippen LogP contribution in [0.4, 0.5) is 0 Å². The van der Waals surface area contributed by atoms with Crippen LogP contribution in [0.15, 0.2) is 42.5 Å². The quantitative estimate of drug-likeness (QED) is 0.559. The summed E-state index contributed by atoms with van der Waals surface area (Å²) in [5.41, 5.74) is 1.52. The van der Waals surface area contributed by atoms with E-state index in [9.17, 15) is 9.59 Å². The summed E-state index contributed by atoms with van der Waals surface area (Å²) in [5.74, 6) is -0.465. The number of hydrogen-bond acceptors (Lipinski definition) is 3. The Hall–Kier alpha value is -2.04. The summed E-state index contributed by atoms with van der Waals surface area (Å²) in [6.07, 6.45) is 1.44. The van der Waals surface area contributed by atoms with Crippen LogP contribution in [0.25, 0.3) is 0 Å². The van der Waals surface area contributed by atoms with Gasteiger partial charge in [-0.05, 0) is 61.7 Å². The van der Waals surface area contributed by atoms with Gasteiger partial charge in [-0.15, -0.1) is 0 Å². The van der Waals surface area contributed by atoms with Crippen molar-refractivity contribution < 1.29 is 14.3 Å². The third-order valence-electron chi connectivity index (χ3n) is 4.43.